The van der Waals surface area contributed by atoms with Gasteiger partial charge in [0.25, 0.3) is 5.91 Å². The Morgan fingerprint density at radius 2 is 1.88 bits per heavy atom. The minimum absolute atomic E-state index is 0.0580. The highest BCUT2D eigenvalue weighted by Crippen LogP contribution is 2.27. The maximum Gasteiger partial charge on any atom is 0.276 e. The van der Waals surface area contributed by atoms with Crippen molar-refractivity contribution in [3.63, 3.8) is 0 Å². The molecule has 1 fully saturated rings. The van der Waals surface area contributed by atoms with Crippen molar-refractivity contribution in [3.05, 3.63) is 77.4 Å². The van der Waals surface area contributed by atoms with Gasteiger partial charge in [-0.3, -0.25) is 24.8 Å². The number of benzene rings is 1. The molecule has 1 aliphatic heterocycles. The summed E-state index contributed by atoms with van der Waals surface area (Å²) < 4.78 is 0. The molecule has 0 spiro atoms. The molecular weight excluding hydrogens is 418 g/mol. The fourth-order valence-corrected chi connectivity index (χ4v) is 4.17. The Bertz CT molecular complexity index is 1280. The summed E-state index contributed by atoms with van der Waals surface area (Å²) in [5.41, 5.74) is 4.81. The van der Waals surface area contributed by atoms with Crippen molar-refractivity contribution in [2.24, 2.45) is 5.18 Å². The molecule has 0 unspecified atom stereocenters. The average molecular weight is 441 g/mol. The molecule has 1 amide bonds. The fraction of sp³-hybridized carbons (Fsp3) is 0.250. The van der Waals surface area contributed by atoms with Crippen molar-refractivity contribution in [2.45, 2.75) is 25.4 Å². The number of nitroso groups, excluding NO2 is 1. The molecular formula is C24H23N7O2. The van der Waals surface area contributed by atoms with E-state index < -0.39 is 0 Å². The number of hydrogen-bond acceptors (Lipinski definition) is 7. The van der Waals surface area contributed by atoms with E-state index in [2.05, 4.69) is 41.6 Å². The summed E-state index contributed by atoms with van der Waals surface area (Å²) in [6.45, 7) is 2.50. The van der Waals surface area contributed by atoms with E-state index in [1.54, 1.807) is 24.5 Å². The number of carbonyl (C=O) groups excluding carboxylic acids is 1. The van der Waals surface area contributed by atoms with Crippen molar-refractivity contribution in [1.29, 1.82) is 0 Å². The van der Waals surface area contributed by atoms with Crippen LogP contribution in [0.3, 0.4) is 0 Å². The summed E-state index contributed by atoms with van der Waals surface area (Å²) in [6, 6.07) is 11.4. The first-order valence-corrected chi connectivity index (χ1v) is 10.9. The molecule has 0 bridgehead atoms. The van der Waals surface area contributed by atoms with Crippen LogP contribution in [0.1, 0.15) is 28.9 Å². The number of aromatic amines is 1. The van der Waals surface area contributed by atoms with Gasteiger partial charge in [0.2, 0.25) is 0 Å². The Morgan fingerprint density at radius 1 is 1.06 bits per heavy atom. The zero-order chi connectivity index (χ0) is 22.6. The number of fused-ring (bicyclic) bond motifs is 1. The second-order valence-electron chi connectivity index (χ2n) is 8.22. The maximum absolute atomic E-state index is 12.8. The third kappa shape index (κ3) is 4.63. The summed E-state index contributed by atoms with van der Waals surface area (Å²) in [5.74, 6) is -0.287. The lowest BCUT2D eigenvalue weighted by atomic mass is 10.0. The van der Waals surface area contributed by atoms with Crippen LogP contribution in [-0.2, 0) is 6.54 Å². The summed E-state index contributed by atoms with van der Waals surface area (Å²) in [5, 5.41) is 13.9. The fourth-order valence-electron chi connectivity index (χ4n) is 4.17. The molecule has 1 aromatic carbocycles. The predicted molar refractivity (Wildman–Crippen MR) is 126 cm³/mol. The molecule has 1 aliphatic rings. The molecule has 3 aromatic heterocycles. The van der Waals surface area contributed by atoms with Gasteiger partial charge in [0.15, 0.2) is 5.69 Å². The van der Waals surface area contributed by atoms with Gasteiger partial charge in [0.05, 0.1) is 11.6 Å². The minimum atomic E-state index is -0.287. The molecule has 9 nitrogen and oxygen atoms in total. The van der Waals surface area contributed by atoms with Gasteiger partial charge < -0.3 is 5.32 Å². The summed E-state index contributed by atoms with van der Waals surface area (Å²) in [6.07, 6.45) is 8.55. The smallest absolute Gasteiger partial charge is 0.276 e. The SMILES string of the molecule is O=NC1CCN(Cc2cncc(-c3ccc4[nH]nc(C(=O)Nc5ccncc5)c4c3)c2)CC1. The van der Waals surface area contributed by atoms with Crippen LogP contribution in [0.25, 0.3) is 22.0 Å². The first-order valence-electron chi connectivity index (χ1n) is 10.9. The highest BCUT2D eigenvalue weighted by Gasteiger charge is 2.20. The van der Waals surface area contributed by atoms with Gasteiger partial charge in [0, 0.05) is 61.1 Å². The molecule has 2 N–H and O–H groups in total. The predicted octanol–water partition coefficient (Wildman–Crippen LogP) is 4.00. The van der Waals surface area contributed by atoms with Gasteiger partial charge in [0.1, 0.15) is 0 Å². The number of H-pyrrole nitrogens is 1. The number of nitrogens with zero attached hydrogens (tertiary/aromatic N) is 5. The maximum atomic E-state index is 12.8. The number of hydrogen-bond donors (Lipinski definition) is 2. The van der Waals surface area contributed by atoms with Crippen LogP contribution < -0.4 is 5.32 Å². The van der Waals surface area contributed by atoms with Crippen LogP contribution in [-0.4, -0.2) is 50.1 Å². The molecule has 0 saturated carbocycles. The Labute approximate surface area is 190 Å². The number of nitrogens with one attached hydrogen (secondary N) is 2. The van der Waals surface area contributed by atoms with E-state index in [-0.39, 0.29) is 11.9 Å². The van der Waals surface area contributed by atoms with Gasteiger partial charge in [-0.1, -0.05) is 11.2 Å². The number of amides is 1. The van der Waals surface area contributed by atoms with Crippen LogP contribution in [0.15, 0.2) is 66.4 Å². The molecule has 9 heteroatoms. The normalized spacial score (nSPS) is 14.9. The number of rotatable bonds is 6. The molecule has 33 heavy (non-hydrogen) atoms. The summed E-state index contributed by atoms with van der Waals surface area (Å²) in [4.78, 5) is 34.3. The number of pyridine rings is 2. The topological polar surface area (TPSA) is 116 Å². The van der Waals surface area contributed by atoms with E-state index in [1.165, 1.54) is 0 Å². The molecule has 166 valence electrons. The second-order valence-corrected chi connectivity index (χ2v) is 8.22. The third-order valence-electron chi connectivity index (χ3n) is 5.96. The monoisotopic (exact) mass is 441 g/mol. The Hall–Kier alpha value is -3.98. The molecule has 4 heterocycles. The van der Waals surface area contributed by atoms with Crippen LogP contribution in [0.5, 0.6) is 0 Å². The molecule has 1 saturated heterocycles. The van der Waals surface area contributed by atoms with Crippen LogP contribution in [0.4, 0.5) is 5.69 Å². The Morgan fingerprint density at radius 3 is 2.67 bits per heavy atom. The number of aromatic nitrogens is 4. The number of piperidine rings is 1. The highest BCUT2D eigenvalue weighted by atomic mass is 16.3. The zero-order valence-electron chi connectivity index (χ0n) is 17.9. The van der Waals surface area contributed by atoms with E-state index in [9.17, 15) is 9.70 Å². The lowest BCUT2D eigenvalue weighted by Crippen LogP contribution is -2.34. The summed E-state index contributed by atoms with van der Waals surface area (Å²) in [7, 11) is 0. The molecule has 0 atom stereocenters. The zero-order valence-corrected chi connectivity index (χ0v) is 17.9. The largest absolute Gasteiger partial charge is 0.320 e. The van der Waals surface area contributed by atoms with Crippen molar-refractivity contribution in [3.8, 4) is 11.1 Å². The van der Waals surface area contributed by atoms with E-state index in [0.717, 1.165) is 60.1 Å². The van der Waals surface area contributed by atoms with E-state index in [1.807, 2.05) is 30.6 Å². The Kier molecular flexibility index (Phi) is 5.86. The standard InChI is InChI=1S/C24H23N7O2/c32-24(27-19-3-7-25-8-4-19)23-21-12-17(1-2-22(21)28-29-23)18-11-16(13-26-14-18)15-31-9-5-20(30-33)6-10-31/h1-4,7-8,11-14,20H,5-6,9-10,15H2,(H,28,29)(H,25,27,32). The van der Waals surface area contributed by atoms with Crippen molar-refractivity contribution >= 4 is 22.5 Å². The Balaban J connectivity index is 1.37. The lowest BCUT2D eigenvalue weighted by molar-refractivity contribution is 0.102. The molecule has 0 radical (unpaired) electrons. The van der Waals surface area contributed by atoms with E-state index in [0.29, 0.717) is 11.4 Å². The van der Waals surface area contributed by atoms with Crippen LogP contribution in [0, 0.1) is 4.91 Å². The third-order valence-corrected chi connectivity index (χ3v) is 5.96. The van der Waals surface area contributed by atoms with Crippen LogP contribution >= 0.6 is 0 Å². The van der Waals surface area contributed by atoms with E-state index in [4.69, 9.17) is 0 Å². The van der Waals surface area contributed by atoms with Crippen molar-refractivity contribution in [1.82, 2.24) is 25.1 Å². The van der Waals surface area contributed by atoms with E-state index >= 15 is 0 Å². The number of anilines is 1. The average Bonchev–Trinajstić information content (AvgIpc) is 3.29. The van der Waals surface area contributed by atoms with Gasteiger partial charge in [-0.25, -0.2) is 0 Å². The quantitative estimate of drug-likeness (QED) is 0.437. The number of likely N-dealkylation sites (tertiary alicyclic amines) is 1. The van der Waals surface area contributed by atoms with Crippen molar-refractivity contribution < 1.29 is 4.79 Å². The minimum Gasteiger partial charge on any atom is -0.320 e. The number of carbonyl (C=O) groups is 1. The van der Waals surface area contributed by atoms with Gasteiger partial charge in [-0.15, -0.1) is 0 Å². The highest BCUT2D eigenvalue weighted by molar-refractivity contribution is 6.11. The van der Waals surface area contributed by atoms with Gasteiger partial charge in [-0.2, -0.15) is 10.0 Å². The molecule has 5 rings (SSSR count). The van der Waals surface area contributed by atoms with Crippen LogP contribution in [0.2, 0.25) is 0 Å². The molecule has 0 aliphatic carbocycles. The second kappa shape index (κ2) is 9.25. The van der Waals surface area contributed by atoms with Gasteiger partial charge >= 0.3 is 0 Å². The molecule has 4 aromatic rings. The van der Waals surface area contributed by atoms with Gasteiger partial charge in [-0.05, 0) is 54.3 Å². The lowest BCUT2D eigenvalue weighted by Gasteiger charge is -2.28. The first-order chi connectivity index (χ1) is 16.2. The summed E-state index contributed by atoms with van der Waals surface area (Å²) >= 11 is 0. The first kappa shape index (κ1) is 20.9. The van der Waals surface area contributed by atoms with Crippen molar-refractivity contribution in [2.75, 3.05) is 18.4 Å².